The number of benzene rings is 3. The fraction of sp³-hybridized carbons (Fsp3) is 0.300. The summed E-state index contributed by atoms with van der Waals surface area (Å²) in [5, 5.41) is 14.9. The Balaban J connectivity index is 1.29. The Morgan fingerprint density at radius 3 is 2.21 bits per heavy atom. The van der Waals surface area contributed by atoms with Crippen molar-refractivity contribution in [2.45, 2.75) is 25.4 Å². The van der Waals surface area contributed by atoms with Gasteiger partial charge in [0, 0.05) is 42.0 Å². The van der Waals surface area contributed by atoms with Crippen molar-refractivity contribution in [2.24, 2.45) is 0 Å². The van der Waals surface area contributed by atoms with Crippen molar-refractivity contribution >= 4 is 22.6 Å². The second-order valence-electron chi connectivity index (χ2n) is 9.42. The Morgan fingerprint density at radius 2 is 1.55 bits per heavy atom. The van der Waals surface area contributed by atoms with Gasteiger partial charge in [0.1, 0.15) is 17.2 Å². The molecule has 1 saturated heterocycles. The lowest BCUT2D eigenvalue weighted by atomic mass is 10.0. The topological polar surface area (TPSA) is 85.8 Å². The number of fused-ring (bicyclic) bond motifs is 1. The lowest BCUT2D eigenvalue weighted by Gasteiger charge is -2.32. The summed E-state index contributed by atoms with van der Waals surface area (Å²) < 4.78 is 15.6. The maximum Gasteiger partial charge on any atom is 0.337 e. The van der Waals surface area contributed by atoms with Crippen LogP contribution in [0, 0.1) is 0 Å². The Labute approximate surface area is 222 Å². The molecule has 0 spiro atoms. The summed E-state index contributed by atoms with van der Waals surface area (Å²) in [7, 11) is 4.73. The highest BCUT2D eigenvalue weighted by Gasteiger charge is 2.21. The molecule has 5 rings (SSSR count). The van der Waals surface area contributed by atoms with Crippen LogP contribution in [0.4, 0.5) is 5.82 Å². The van der Waals surface area contributed by atoms with Crippen molar-refractivity contribution in [1.29, 1.82) is 0 Å². The zero-order valence-electron chi connectivity index (χ0n) is 21.9. The molecule has 3 aromatic carbocycles. The number of carbonyl (C=O) groups is 1. The van der Waals surface area contributed by atoms with Gasteiger partial charge in [0.2, 0.25) is 0 Å². The van der Waals surface area contributed by atoms with Crippen molar-refractivity contribution in [3.05, 3.63) is 77.9 Å². The molecule has 0 radical (unpaired) electrons. The molecule has 8 heteroatoms. The minimum Gasteiger partial charge on any atom is -0.497 e. The van der Waals surface area contributed by atoms with Crippen molar-refractivity contribution < 1.29 is 19.0 Å². The molecule has 0 unspecified atom stereocenters. The third-order valence-corrected chi connectivity index (χ3v) is 7.06. The average Bonchev–Trinajstić information content (AvgIpc) is 2.98. The molecule has 1 aliphatic rings. The zero-order valence-corrected chi connectivity index (χ0v) is 21.9. The predicted octanol–water partition coefficient (Wildman–Crippen LogP) is 5.18. The SMILES string of the molecule is COC(=O)c1ccc(CN2CCC(Nc3nnc(-c4ccc(OC)cc4)c4ccc(OC)cc34)CC2)cc1. The summed E-state index contributed by atoms with van der Waals surface area (Å²) in [6.07, 6.45) is 1.99. The largest absolute Gasteiger partial charge is 0.497 e. The molecule has 4 aromatic rings. The summed E-state index contributed by atoms with van der Waals surface area (Å²) in [5.74, 6) is 2.04. The number of aromatic nitrogens is 2. The smallest absolute Gasteiger partial charge is 0.337 e. The fourth-order valence-electron chi connectivity index (χ4n) is 4.88. The standard InChI is InChI=1S/C30H32N4O4/c1-36-24-10-8-21(9-11-24)28-26-13-12-25(37-2)18-27(26)29(33-32-28)31-23-14-16-34(17-15-23)19-20-4-6-22(7-5-20)30(35)38-3/h4-13,18,23H,14-17,19H2,1-3H3,(H,31,33). The molecule has 196 valence electrons. The summed E-state index contributed by atoms with van der Waals surface area (Å²) in [6.45, 7) is 2.79. The highest BCUT2D eigenvalue weighted by atomic mass is 16.5. The molecular formula is C30H32N4O4. The van der Waals surface area contributed by atoms with E-state index in [1.54, 1.807) is 14.2 Å². The van der Waals surface area contributed by atoms with E-state index >= 15 is 0 Å². The first-order valence-electron chi connectivity index (χ1n) is 12.7. The number of carbonyl (C=O) groups excluding carboxylic acids is 1. The summed E-state index contributed by atoms with van der Waals surface area (Å²) >= 11 is 0. The molecule has 0 amide bonds. The second kappa shape index (κ2) is 11.5. The summed E-state index contributed by atoms with van der Waals surface area (Å²) in [5.41, 5.74) is 3.56. The van der Waals surface area contributed by atoms with Crippen LogP contribution in [0.1, 0.15) is 28.8 Å². The first-order valence-corrected chi connectivity index (χ1v) is 12.7. The van der Waals surface area contributed by atoms with E-state index in [2.05, 4.69) is 20.4 Å². The number of methoxy groups -OCH3 is 3. The van der Waals surface area contributed by atoms with Gasteiger partial charge in [-0.2, -0.15) is 0 Å². The van der Waals surface area contributed by atoms with E-state index in [0.29, 0.717) is 11.6 Å². The van der Waals surface area contributed by atoms with Gasteiger partial charge in [0.05, 0.1) is 26.9 Å². The van der Waals surface area contributed by atoms with Gasteiger partial charge < -0.3 is 19.5 Å². The number of nitrogens with one attached hydrogen (secondary N) is 1. The molecule has 2 heterocycles. The number of piperidine rings is 1. The maximum atomic E-state index is 11.7. The van der Waals surface area contributed by atoms with E-state index in [0.717, 1.165) is 71.8 Å². The van der Waals surface area contributed by atoms with Crippen molar-refractivity contribution in [3.63, 3.8) is 0 Å². The van der Waals surface area contributed by atoms with Gasteiger partial charge in [0.25, 0.3) is 0 Å². The van der Waals surface area contributed by atoms with Gasteiger partial charge in [-0.15, -0.1) is 10.2 Å². The van der Waals surface area contributed by atoms with Crippen LogP contribution >= 0.6 is 0 Å². The molecular weight excluding hydrogens is 480 g/mol. The normalized spacial score (nSPS) is 14.3. The van der Waals surface area contributed by atoms with Crippen LogP contribution in [0.2, 0.25) is 0 Å². The minimum absolute atomic E-state index is 0.295. The Kier molecular flexibility index (Phi) is 7.70. The van der Waals surface area contributed by atoms with Gasteiger partial charge >= 0.3 is 5.97 Å². The van der Waals surface area contributed by atoms with Crippen molar-refractivity contribution in [2.75, 3.05) is 39.7 Å². The van der Waals surface area contributed by atoms with Gasteiger partial charge in [-0.05, 0) is 73.0 Å². The first-order chi connectivity index (χ1) is 18.6. The molecule has 8 nitrogen and oxygen atoms in total. The zero-order chi connectivity index (χ0) is 26.5. The molecule has 38 heavy (non-hydrogen) atoms. The van der Waals surface area contributed by atoms with Crippen molar-refractivity contribution in [1.82, 2.24) is 15.1 Å². The third kappa shape index (κ3) is 5.55. The Bertz CT molecular complexity index is 1400. The lowest BCUT2D eigenvalue weighted by molar-refractivity contribution is 0.0600. The number of ether oxygens (including phenoxy) is 3. The van der Waals surface area contributed by atoms with E-state index in [-0.39, 0.29) is 5.97 Å². The van der Waals surface area contributed by atoms with E-state index < -0.39 is 0 Å². The first kappa shape index (κ1) is 25.5. The van der Waals surface area contributed by atoms with Crippen LogP contribution in [0.15, 0.2) is 66.7 Å². The van der Waals surface area contributed by atoms with E-state index in [1.807, 2.05) is 66.7 Å². The summed E-state index contributed by atoms with van der Waals surface area (Å²) in [6, 6.07) is 21.8. The fourth-order valence-corrected chi connectivity index (χ4v) is 4.88. The van der Waals surface area contributed by atoms with Crippen LogP contribution in [-0.2, 0) is 11.3 Å². The highest BCUT2D eigenvalue weighted by molar-refractivity contribution is 6.00. The molecule has 0 atom stereocenters. The highest BCUT2D eigenvalue weighted by Crippen LogP contribution is 2.34. The number of likely N-dealkylation sites (tertiary alicyclic amines) is 1. The number of hydrogen-bond acceptors (Lipinski definition) is 8. The number of anilines is 1. The van der Waals surface area contributed by atoms with E-state index in [9.17, 15) is 4.79 Å². The third-order valence-electron chi connectivity index (χ3n) is 7.06. The van der Waals surface area contributed by atoms with Crippen LogP contribution in [0.5, 0.6) is 11.5 Å². The number of nitrogens with zero attached hydrogens (tertiary/aromatic N) is 3. The van der Waals surface area contributed by atoms with E-state index in [4.69, 9.17) is 14.2 Å². The van der Waals surface area contributed by atoms with Crippen LogP contribution < -0.4 is 14.8 Å². The van der Waals surface area contributed by atoms with Crippen LogP contribution in [0.25, 0.3) is 22.0 Å². The van der Waals surface area contributed by atoms with Gasteiger partial charge in [-0.3, -0.25) is 4.90 Å². The van der Waals surface area contributed by atoms with E-state index in [1.165, 1.54) is 12.7 Å². The monoisotopic (exact) mass is 512 g/mol. The predicted molar refractivity (Wildman–Crippen MR) is 148 cm³/mol. The molecule has 0 saturated carbocycles. The molecule has 1 aliphatic heterocycles. The minimum atomic E-state index is -0.311. The number of rotatable bonds is 8. The lowest BCUT2D eigenvalue weighted by Crippen LogP contribution is -2.38. The quantitative estimate of drug-likeness (QED) is 0.324. The van der Waals surface area contributed by atoms with Gasteiger partial charge in [-0.1, -0.05) is 12.1 Å². The molecule has 1 N–H and O–H groups in total. The summed E-state index contributed by atoms with van der Waals surface area (Å²) in [4.78, 5) is 14.1. The Hall–Kier alpha value is -4.17. The molecule has 0 bridgehead atoms. The number of hydrogen-bond donors (Lipinski definition) is 1. The molecule has 0 aliphatic carbocycles. The maximum absolute atomic E-state index is 11.7. The average molecular weight is 513 g/mol. The second-order valence-corrected chi connectivity index (χ2v) is 9.42. The molecule has 1 fully saturated rings. The van der Waals surface area contributed by atoms with Gasteiger partial charge in [-0.25, -0.2) is 4.79 Å². The Morgan fingerprint density at radius 1 is 0.868 bits per heavy atom. The van der Waals surface area contributed by atoms with Crippen molar-refractivity contribution in [3.8, 4) is 22.8 Å². The van der Waals surface area contributed by atoms with Crippen LogP contribution in [-0.4, -0.2) is 61.5 Å². The molecule has 1 aromatic heterocycles. The van der Waals surface area contributed by atoms with Crippen LogP contribution in [0.3, 0.4) is 0 Å². The number of esters is 1. The van der Waals surface area contributed by atoms with Gasteiger partial charge in [0.15, 0.2) is 5.82 Å².